The van der Waals surface area contributed by atoms with Crippen LogP contribution in [0.3, 0.4) is 0 Å². The summed E-state index contributed by atoms with van der Waals surface area (Å²) >= 11 is 0. The summed E-state index contributed by atoms with van der Waals surface area (Å²) in [4.78, 5) is 8.57. The number of rotatable bonds is 6. The minimum absolute atomic E-state index is 0.483. The first-order valence-electron chi connectivity index (χ1n) is 6.72. The van der Waals surface area contributed by atoms with Crippen molar-refractivity contribution in [3.05, 3.63) is 53.7 Å². The lowest BCUT2D eigenvalue weighted by atomic mass is 10.2. The van der Waals surface area contributed by atoms with Crippen LogP contribution in [0.5, 0.6) is 5.88 Å². The van der Waals surface area contributed by atoms with Crippen molar-refractivity contribution in [2.75, 3.05) is 18.5 Å². The molecule has 0 radical (unpaired) electrons. The molecule has 4 heteroatoms. The Bertz CT molecular complexity index is 567. The molecule has 0 aliphatic rings. The summed E-state index contributed by atoms with van der Waals surface area (Å²) in [5.41, 5.74) is 2.04. The van der Waals surface area contributed by atoms with Gasteiger partial charge in [-0.25, -0.2) is 4.98 Å². The van der Waals surface area contributed by atoms with Crippen molar-refractivity contribution in [3.8, 4) is 5.88 Å². The summed E-state index contributed by atoms with van der Waals surface area (Å²) in [6, 6.07) is 12.0. The molecule has 2 rings (SSSR count). The highest BCUT2D eigenvalue weighted by atomic mass is 16.5. The SMILES string of the molecule is CCNc1nc(C)cc(OC/C=C/c2ccccc2)n1. The maximum absolute atomic E-state index is 5.62. The molecule has 0 spiro atoms. The molecule has 4 nitrogen and oxygen atoms in total. The highest BCUT2D eigenvalue weighted by Crippen LogP contribution is 2.12. The first kappa shape index (κ1) is 14.1. The van der Waals surface area contributed by atoms with Crippen molar-refractivity contribution in [2.45, 2.75) is 13.8 Å². The van der Waals surface area contributed by atoms with Gasteiger partial charge in [-0.05, 0) is 25.5 Å². The summed E-state index contributed by atoms with van der Waals surface area (Å²) < 4.78 is 5.62. The molecule has 1 aromatic carbocycles. The van der Waals surface area contributed by atoms with Crippen molar-refractivity contribution in [2.24, 2.45) is 0 Å². The Labute approximate surface area is 119 Å². The number of ether oxygens (including phenoxy) is 1. The average Bonchev–Trinajstić information content (AvgIpc) is 2.45. The maximum Gasteiger partial charge on any atom is 0.226 e. The minimum Gasteiger partial charge on any atom is -0.473 e. The van der Waals surface area contributed by atoms with Crippen LogP contribution in [0.15, 0.2) is 42.5 Å². The zero-order valence-electron chi connectivity index (χ0n) is 11.8. The predicted octanol–water partition coefficient (Wildman–Crippen LogP) is 3.31. The van der Waals surface area contributed by atoms with E-state index in [-0.39, 0.29) is 0 Å². The third-order valence-corrected chi connectivity index (χ3v) is 2.60. The van der Waals surface area contributed by atoms with E-state index in [0.717, 1.165) is 17.8 Å². The molecule has 1 heterocycles. The third-order valence-electron chi connectivity index (χ3n) is 2.60. The summed E-state index contributed by atoms with van der Waals surface area (Å²) in [5, 5.41) is 3.08. The topological polar surface area (TPSA) is 47.0 Å². The number of nitrogens with zero attached hydrogens (tertiary/aromatic N) is 2. The molecule has 0 saturated heterocycles. The van der Waals surface area contributed by atoms with Crippen LogP contribution in [0.1, 0.15) is 18.2 Å². The van der Waals surface area contributed by atoms with E-state index in [1.54, 1.807) is 0 Å². The predicted molar refractivity (Wildman–Crippen MR) is 81.9 cm³/mol. The van der Waals surface area contributed by atoms with E-state index in [9.17, 15) is 0 Å². The van der Waals surface area contributed by atoms with Crippen LogP contribution in [-0.2, 0) is 0 Å². The van der Waals surface area contributed by atoms with Gasteiger partial charge in [0.1, 0.15) is 6.61 Å². The van der Waals surface area contributed by atoms with Gasteiger partial charge in [0.15, 0.2) is 0 Å². The van der Waals surface area contributed by atoms with Crippen molar-refractivity contribution < 1.29 is 4.74 Å². The third kappa shape index (κ3) is 4.39. The summed E-state index contributed by atoms with van der Waals surface area (Å²) in [6.45, 7) is 5.21. The van der Waals surface area contributed by atoms with Gasteiger partial charge in [-0.1, -0.05) is 36.4 Å². The van der Waals surface area contributed by atoms with Gasteiger partial charge in [-0.3, -0.25) is 0 Å². The number of hydrogen-bond acceptors (Lipinski definition) is 4. The lowest BCUT2D eigenvalue weighted by molar-refractivity contribution is 0.348. The normalized spacial score (nSPS) is 10.7. The molecule has 20 heavy (non-hydrogen) atoms. The van der Waals surface area contributed by atoms with Crippen LogP contribution < -0.4 is 10.1 Å². The molecule has 0 fully saturated rings. The van der Waals surface area contributed by atoms with Gasteiger partial charge in [0.2, 0.25) is 11.8 Å². The number of aromatic nitrogens is 2. The van der Waals surface area contributed by atoms with Crippen LogP contribution in [0.4, 0.5) is 5.95 Å². The highest BCUT2D eigenvalue weighted by Gasteiger charge is 2.01. The van der Waals surface area contributed by atoms with E-state index in [0.29, 0.717) is 18.4 Å². The summed E-state index contributed by atoms with van der Waals surface area (Å²) in [5.74, 6) is 1.20. The molecule has 0 atom stereocenters. The Morgan fingerprint density at radius 2 is 2.00 bits per heavy atom. The Hall–Kier alpha value is -2.36. The number of aryl methyl sites for hydroxylation is 1. The first-order valence-corrected chi connectivity index (χ1v) is 6.72. The largest absolute Gasteiger partial charge is 0.473 e. The molecule has 104 valence electrons. The Morgan fingerprint density at radius 3 is 2.75 bits per heavy atom. The van der Waals surface area contributed by atoms with Crippen LogP contribution >= 0.6 is 0 Å². The van der Waals surface area contributed by atoms with E-state index in [1.165, 1.54) is 0 Å². The smallest absolute Gasteiger partial charge is 0.226 e. The number of hydrogen-bond donors (Lipinski definition) is 1. The fourth-order valence-corrected chi connectivity index (χ4v) is 1.73. The highest BCUT2D eigenvalue weighted by molar-refractivity contribution is 5.48. The fourth-order valence-electron chi connectivity index (χ4n) is 1.73. The second-order valence-corrected chi connectivity index (χ2v) is 4.33. The molecule has 1 N–H and O–H groups in total. The van der Waals surface area contributed by atoms with Crippen molar-refractivity contribution >= 4 is 12.0 Å². The summed E-state index contributed by atoms with van der Waals surface area (Å²) in [7, 11) is 0. The zero-order chi connectivity index (χ0) is 14.2. The number of nitrogens with one attached hydrogen (secondary N) is 1. The second kappa shape index (κ2) is 7.28. The average molecular weight is 269 g/mol. The molecule has 2 aromatic rings. The van der Waals surface area contributed by atoms with Crippen LogP contribution in [0.2, 0.25) is 0 Å². The van der Waals surface area contributed by atoms with Gasteiger partial charge in [0.05, 0.1) is 0 Å². The van der Waals surface area contributed by atoms with Crippen molar-refractivity contribution in [3.63, 3.8) is 0 Å². The van der Waals surface area contributed by atoms with Gasteiger partial charge < -0.3 is 10.1 Å². The van der Waals surface area contributed by atoms with E-state index in [2.05, 4.69) is 27.4 Å². The summed E-state index contributed by atoms with van der Waals surface area (Å²) in [6.07, 6.45) is 4.00. The number of benzene rings is 1. The second-order valence-electron chi connectivity index (χ2n) is 4.33. The van der Waals surface area contributed by atoms with E-state index in [4.69, 9.17) is 4.74 Å². The molecule has 0 aliphatic carbocycles. The molecule has 1 aromatic heterocycles. The standard InChI is InChI=1S/C16H19N3O/c1-3-17-16-18-13(2)12-15(19-16)20-11-7-10-14-8-5-4-6-9-14/h4-10,12H,3,11H2,1-2H3,(H,17,18,19)/b10-7+. The number of anilines is 1. The first-order chi connectivity index (χ1) is 9.78. The van der Waals surface area contributed by atoms with Crippen LogP contribution in [0.25, 0.3) is 6.08 Å². The van der Waals surface area contributed by atoms with Gasteiger partial charge in [0.25, 0.3) is 0 Å². The fraction of sp³-hybridized carbons (Fsp3) is 0.250. The van der Waals surface area contributed by atoms with Gasteiger partial charge >= 0.3 is 0 Å². The van der Waals surface area contributed by atoms with Gasteiger partial charge in [-0.2, -0.15) is 4.98 Å². The molecular formula is C16H19N3O. The van der Waals surface area contributed by atoms with E-state index >= 15 is 0 Å². The van der Waals surface area contributed by atoms with Crippen molar-refractivity contribution in [1.82, 2.24) is 9.97 Å². The molecule has 0 aliphatic heterocycles. The monoisotopic (exact) mass is 269 g/mol. The van der Waals surface area contributed by atoms with Gasteiger partial charge in [0, 0.05) is 18.3 Å². The molecule has 0 bridgehead atoms. The molecular weight excluding hydrogens is 250 g/mol. The van der Waals surface area contributed by atoms with Crippen molar-refractivity contribution in [1.29, 1.82) is 0 Å². The van der Waals surface area contributed by atoms with Crippen LogP contribution in [-0.4, -0.2) is 23.1 Å². The minimum atomic E-state index is 0.483. The Morgan fingerprint density at radius 1 is 1.20 bits per heavy atom. The molecule has 0 amide bonds. The van der Waals surface area contributed by atoms with Crippen LogP contribution in [0, 0.1) is 6.92 Å². The molecule has 0 unspecified atom stereocenters. The van der Waals surface area contributed by atoms with Gasteiger partial charge in [-0.15, -0.1) is 0 Å². The Balaban J connectivity index is 1.92. The maximum atomic E-state index is 5.62. The lowest BCUT2D eigenvalue weighted by Crippen LogP contribution is -2.05. The Kier molecular flexibility index (Phi) is 5.12. The van der Waals surface area contributed by atoms with E-state index in [1.807, 2.05) is 50.3 Å². The van der Waals surface area contributed by atoms with E-state index < -0.39 is 0 Å². The molecule has 0 saturated carbocycles. The quantitative estimate of drug-likeness (QED) is 0.874. The zero-order valence-corrected chi connectivity index (χ0v) is 11.8. The lowest BCUT2D eigenvalue weighted by Gasteiger charge is -2.06.